The molecule has 0 spiro atoms. The molecule has 0 saturated carbocycles. The summed E-state index contributed by atoms with van der Waals surface area (Å²) in [4.78, 5) is 12.5. The van der Waals surface area contributed by atoms with Crippen LogP contribution in [0.3, 0.4) is 0 Å². The Hall–Kier alpha value is -0.630. The van der Waals surface area contributed by atoms with E-state index in [1.54, 1.807) is 0 Å². The van der Waals surface area contributed by atoms with Crippen LogP contribution >= 0.6 is 0 Å². The van der Waals surface area contributed by atoms with E-state index in [2.05, 4.69) is 18.3 Å². The average molecular weight is 221 g/mol. The summed E-state index contributed by atoms with van der Waals surface area (Å²) < 4.78 is 0. The van der Waals surface area contributed by atoms with E-state index in [1.807, 2.05) is 0 Å². The lowest BCUT2D eigenvalue weighted by Gasteiger charge is -2.34. The molecule has 0 bridgehead atoms. The minimum absolute atomic E-state index is 0.269. The van der Waals surface area contributed by atoms with Gasteiger partial charge < -0.3 is 5.32 Å². The molecule has 90 valence electrons. The van der Waals surface area contributed by atoms with Crippen molar-refractivity contribution in [3.63, 3.8) is 0 Å². The largest absolute Gasteiger partial charge is 0.305 e. The van der Waals surface area contributed by atoms with Crippen LogP contribution in [-0.4, -0.2) is 17.9 Å². The lowest BCUT2D eigenvalue weighted by atomic mass is 9.82. The van der Waals surface area contributed by atoms with Crippen LogP contribution in [0.4, 0.5) is 0 Å². The van der Waals surface area contributed by atoms with Crippen molar-refractivity contribution in [1.82, 2.24) is 5.32 Å². The molecule has 1 unspecified atom stereocenters. The lowest BCUT2D eigenvalue weighted by Crippen LogP contribution is -2.52. The van der Waals surface area contributed by atoms with Gasteiger partial charge in [0, 0.05) is 0 Å². The molecule has 1 fully saturated rings. The van der Waals surface area contributed by atoms with Gasteiger partial charge in [0.25, 0.3) is 0 Å². The summed E-state index contributed by atoms with van der Waals surface area (Å²) in [5, 5.41) is 3.42. The van der Waals surface area contributed by atoms with Gasteiger partial charge in [-0.05, 0) is 64.0 Å². The molecular formula is C14H23NO. The molecule has 1 saturated heterocycles. The highest BCUT2D eigenvalue weighted by Crippen LogP contribution is 2.27. The van der Waals surface area contributed by atoms with Gasteiger partial charge in [0.1, 0.15) is 0 Å². The Morgan fingerprint density at radius 2 is 2.12 bits per heavy atom. The van der Waals surface area contributed by atoms with E-state index in [9.17, 15) is 4.79 Å². The smallest absolute Gasteiger partial charge is 0.178 e. The number of allylic oxidation sites excluding steroid dienone is 1. The molecule has 0 aromatic carbocycles. The molecule has 2 nitrogen and oxygen atoms in total. The number of nitrogens with one attached hydrogen (secondary N) is 1. The number of ketones is 1. The zero-order valence-corrected chi connectivity index (χ0v) is 10.3. The molecule has 1 atom stereocenters. The zero-order valence-electron chi connectivity index (χ0n) is 10.3. The number of hydrogen-bond donors (Lipinski definition) is 1. The quantitative estimate of drug-likeness (QED) is 0.776. The van der Waals surface area contributed by atoms with Crippen molar-refractivity contribution in [3.8, 4) is 0 Å². The molecule has 2 rings (SSSR count). The van der Waals surface area contributed by atoms with Gasteiger partial charge in [-0.3, -0.25) is 4.79 Å². The van der Waals surface area contributed by atoms with Crippen LogP contribution in [0.1, 0.15) is 58.3 Å². The topological polar surface area (TPSA) is 29.1 Å². The molecule has 2 heteroatoms. The Labute approximate surface area is 98.5 Å². The van der Waals surface area contributed by atoms with Crippen LogP contribution in [0.5, 0.6) is 0 Å². The Morgan fingerprint density at radius 3 is 2.88 bits per heavy atom. The van der Waals surface area contributed by atoms with Gasteiger partial charge in [-0.25, -0.2) is 0 Å². The monoisotopic (exact) mass is 221 g/mol. The van der Waals surface area contributed by atoms with Gasteiger partial charge in [0.05, 0.1) is 5.54 Å². The predicted molar refractivity (Wildman–Crippen MR) is 66.4 cm³/mol. The second-order valence-corrected chi connectivity index (χ2v) is 5.37. The van der Waals surface area contributed by atoms with Crippen molar-refractivity contribution < 1.29 is 4.79 Å². The van der Waals surface area contributed by atoms with E-state index in [0.717, 1.165) is 31.4 Å². The first-order valence-electron chi connectivity index (χ1n) is 6.71. The molecule has 0 amide bonds. The molecule has 1 aliphatic heterocycles. The van der Waals surface area contributed by atoms with Crippen molar-refractivity contribution in [2.24, 2.45) is 0 Å². The number of Topliss-reactive ketones (excluding diaryl/α,β-unsaturated/α-hetero) is 1. The maximum absolute atomic E-state index is 12.5. The lowest BCUT2D eigenvalue weighted by molar-refractivity contribution is -0.122. The van der Waals surface area contributed by atoms with Crippen LogP contribution in [0.2, 0.25) is 0 Å². The first kappa shape index (κ1) is 11.8. The van der Waals surface area contributed by atoms with E-state index in [-0.39, 0.29) is 5.54 Å². The second-order valence-electron chi connectivity index (χ2n) is 5.37. The first-order valence-corrected chi connectivity index (χ1v) is 6.71. The summed E-state index contributed by atoms with van der Waals surface area (Å²) in [6.07, 6.45) is 11.4. The molecule has 1 N–H and O–H groups in total. The standard InChI is InChI=1S/C14H23NO/c1-14(10-6-7-11-15-14)13(16)12-8-4-2-3-5-9-12/h8,15H,2-7,9-11H2,1H3. The highest BCUT2D eigenvalue weighted by molar-refractivity contribution is 6.02. The fourth-order valence-electron chi connectivity index (χ4n) is 2.83. The van der Waals surface area contributed by atoms with Crippen molar-refractivity contribution >= 4 is 5.78 Å². The van der Waals surface area contributed by atoms with E-state index in [4.69, 9.17) is 0 Å². The Kier molecular flexibility index (Phi) is 3.80. The predicted octanol–water partition coefficient (Wildman–Crippen LogP) is 2.98. The molecule has 0 aromatic rings. The average Bonchev–Trinajstić information content (AvgIpc) is 2.57. The van der Waals surface area contributed by atoms with Crippen molar-refractivity contribution in [2.45, 2.75) is 63.8 Å². The second kappa shape index (κ2) is 5.13. The third-order valence-corrected chi connectivity index (χ3v) is 3.95. The summed E-state index contributed by atoms with van der Waals surface area (Å²) in [6, 6.07) is 0. The van der Waals surface area contributed by atoms with Gasteiger partial charge in [-0.1, -0.05) is 12.5 Å². The van der Waals surface area contributed by atoms with Gasteiger partial charge in [0.15, 0.2) is 5.78 Å². The SMILES string of the molecule is CC1(C(=O)C2=CCCCCC2)CCCCN1. The van der Waals surface area contributed by atoms with Gasteiger partial charge in [0.2, 0.25) is 0 Å². The number of piperidine rings is 1. The Balaban J connectivity index is 2.07. The Morgan fingerprint density at radius 1 is 1.25 bits per heavy atom. The minimum atomic E-state index is -0.269. The first-order chi connectivity index (χ1) is 7.72. The van der Waals surface area contributed by atoms with Gasteiger partial charge in [-0.2, -0.15) is 0 Å². The van der Waals surface area contributed by atoms with E-state index >= 15 is 0 Å². The minimum Gasteiger partial charge on any atom is -0.305 e. The van der Waals surface area contributed by atoms with Crippen LogP contribution < -0.4 is 5.32 Å². The highest BCUT2D eigenvalue weighted by Gasteiger charge is 2.35. The molecule has 1 heterocycles. The normalized spacial score (nSPS) is 31.7. The molecular weight excluding hydrogens is 198 g/mol. The van der Waals surface area contributed by atoms with Crippen LogP contribution in [-0.2, 0) is 4.79 Å². The summed E-state index contributed by atoms with van der Waals surface area (Å²) in [5.74, 6) is 0.370. The number of rotatable bonds is 2. The third kappa shape index (κ3) is 2.54. The van der Waals surface area contributed by atoms with Crippen LogP contribution in [0.15, 0.2) is 11.6 Å². The van der Waals surface area contributed by atoms with E-state index in [0.29, 0.717) is 5.78 Å². The number of carbonyl (C=O) groups is 1. The van der Waals surface area contributed by atoms with Crippen molar-refractivity contribution in [3.05, 3.63) is 11.6 Å². The molecule has 1 aliphatic carbocycles. The fraction of sp³-hybridized carbons (Fsp3) is 0.786. The number of carbonyl (C=O) groups excluding carboxylic acids is 1. The van der Waals surface area contributed by atoms with Crippen LogP contribution in [0.25, 0.3) is 0 Å². The maximum atomic E-state index is 12.5. The highest BCUT2D eigenvalue weighted by atomic mass is 16.1. The summed E-state index contributed by atoms with van der Waals surface area (Å²) in [5.41, 5.74) is 0.823. The van der Waals surface area contributed by atoms with Crippen molar-refractivity contribution in [1.29, 1.82) is 0 Å². The van der Waals surface area contributed by atoms with E-state index in [1.165, 1.54) is 32.1 Å². The summed E-state index contributed by atoms with van der Waals surface area (Å²) >= 11 is 0. The molecule has 0 radical (unpaired) electrons. The summed E-state index contributed by atoms with van der Waals surface area (Å²) in [6.45, 7) is 3.08. The zero-order chi connectivity index (χ0) is 11.4. The van der Waals surface area contributed by atoms with Crippen LogP contribution in [0, 0.1) is 0 Å². The third-order valence-electron chi connectivity index (χ3n) is 3.95. The number of hydrogen-bond acceptors (Lipinski definition) is 2. The Bertz CT molecular complexity index is 287. The summed E-state index contributed by atoms with van der Waals surface area (Å²) in [7, 11) is 0. The maximum Gasteiger partial charge on any atom is 0.178 e. The fourth-order valence-corrected chi connectivity index (χ4v) is 2.83. The molecule has 2 aliphatic rings. The molecule has 16 heavy (non-hydrogen) atoms. The van der Waals surface area contributed by atoms with Gasteiger partial charge >= 0.3 is 0 Å². The van der Waals surface area contributed by atoms with Gasteiger partial charge in [-0.15, -0.1) is 0 Å². The van der Waals surface area contributed by atoms with Crippen molar-refractivity contribution in [2.75, 3.05) is 6.54 Å². The molecule has 0 aromatic heterocycles. The van der Waals surface area contributed by atoms with E-state index < -0.39 is 0 Å².